The third-order valence-electron chi connectivity index (χ3n) is 4.14. The van der Waals surface area contributed by atoms with E-state index in [4.69, 9.17) is 26.2 Å². The summed E-state index contributed by atoms with van der Waals surface area (Å²) < 4.78 is 14.1. The van der Waals surface area contributed by atoms with Crippen LogP contribution in [-0.2, 0) is 19.1 Å². The molecule has 176 valence electrons. The van der Waals surface area contributed by atoms with E-state index in [1.165, 1.54) is 0 Å². The molecule has 10 heteroatoms. The maximum Gasteiger partial charge on any atom is 0.333 e. The van der Waals surface area contributed by atoms with Crippen LogP contribution >= 0.6 is 11.5 Å². The number of esters is 2. The molecule has 1 heterocycles. The van der Waals surface area contributed by atoms with Crippen LogP contribution < -0.4 is 16.4 Å². The molecule has 0 amide bonds. The van der Waals surface area contributed by atoms with Crippen molar-refractivity contribution >= 4 is 39.8 Å². The summed E-state index contributed by atoms with van der Waals surface area (Å²) in [5.41, 5.74) is 14.6. The van der Waals surface area contributed by atoms with E-state index in [2.05, 4.69) is 17.5 Å². The summed E-state index contributed by atoms with van der Waals surface area (Å²) in [7, 11) is 0. The molecule has 9 nitrogen and oxygen atoms in total. The number of nitrogens with two attached hydrogens (primary N) is 2. The Morgan fingerprint density at radius 2 is 1.55 bits per heavy atom. The number of nitriles is 1. The first-order chi connectivity index (χ1) is 15.6. The second kappa shape index (κ2) is 13.5. The Labute approximate surface area is 198 Å². The van der Waals surface area contributed by atoms with Crippen LogP contribution in [-0.4, -0.2) is 42.6 Å². The highest BCUT2D eigenvalue weighted by Gasteiger charge is 2.11. The lowest BCUT2D eigenvalue weighted by molar-refractivity contribution is -0.139. The van der Waals surface area contributed by atoms with Gasteiger partial charge >= 0.3 is 11.9 Å². The van der Waals surface area contributed by atoms with E-state index in [0.717, 1.165) is 22.9 Å². The molecule has 0 spiro atoms. The van der Waals surface area contributed by atoms with Crippen LogP contribution in [0.5, 0.6) is 0 Å². The minimum Gasteiger partial charge on any atom is -0.460 e. The molecular weight excluding hydrogens is 442 g/mol. The van der Waals surface area contributed by atoms with Crippen LogP contribution in [0.1, 0.15) is 25.1 Å². The Morgan fingerprint density at radius 3 is 1.88 bits per heavy atom. The second-order valence-corrected chi connectivity index (χ2v) is 7.84. The molecule has 0 aliphatic carbocycles. The van der Waals surface area contributed by atoms with E-state index in [9.17, 15) is 9.59 Å². The lowest BCUT2D eigenvalue weighted by Crippen LogP contribution is -2.32. The number of carbonyl (C=O) groups is 2. The van der Waals surface area contributed by atoms with Crippen LogP contribution in [0.4, 0.5) is 16.4 Å². The monoisotopic (exact) mass is 471 g/mol. The first-order valence-corrected chi connectivity index (χ1v) is 10.7. The zero-order valence-electron chi connectivity index (χ0n) is 19.1. The Balaban J connectivity index is 0.000000502. The molecule has 0 saturated heterocycles. The predicted octanol–water partition coefficient (Wildman–Crippen LogP) is 3.22. The maximum atomic E-state index is 11.4. The number of carbonyl (C=O) groups excluding carboxylic acids is 2. The summed E-state index contributed by atoms with van der Waals surface area (Å²) >= 11 is 1.16. The fourth-order valence-electron chi connectivity index (χ4n) is 2.32. The molecule has 0 aliphatic heterocycles. The molecule has 1 aromatic carbocycles. The Morgan fingerprint density at radius 1 is 1.06 bits per heavy atom. The van der Waals surface area contributed by atoms with Gasteiger partial charge in [0.25, 0.3) is 0 Å². The number of nitrogen functional groups attached to an aromatic ring is 2. The van der Waals surface area contributed by atoms with Gasteiger partial charge in [0.15, 0.2) is 0 Å². The SMILES string of the molecule is C=C(C)C(=O)OCCN(CCOC(=O)C(=C)C)c1ccc(N)cc1.Cc1nsc(N)c1C#N. The third-order valence-corrected chi connectivity index (χ3v) is 4.91. The van der Waals surface area contributed by atoms with Gasteiger partial charge in [0, 0.05) is 22.5 Å². The normalized spacial score (nSPS) is 9.64. The van der Waals surface area contributed by atoms with Gasteiger partial charge in [-0.15, -0.1) is 0 Å². The molecule has 0 fully saturated rings. The number of rotatable bonds is 9. The standard InChI is InChI=1S/C18H24N2O4.C5H5N3S/c1-13(2)17(21)23-11-9-20(10-12-24-18(22)14(3)4)16-7-5-15(19)6-8-16;1-3-4(2-6)5(7)9-8-3/h5-8H,1,3,9-12,19H2,2,4H3;7H2,1H3. The van der Waals surface area contributed by atoms with Gasteiger partial charge in [-0.3, -0.25) is 0 Å². The van der Waals surface area contributed by atoms with Gasteiger partial charge < -0.3 is 25.8 Å². The number of ether oxygens (including phenoxy) is 2. The molecule has 0 unspecified atom stereocenters. The van der Waals surface area contributed by atoms with Gasteiger partial charge in [0.1, 0.15) is 29.8 Å². The number of anilines is 3. The van der Waals surface area contributed by atoms with Gasteiger partial charge in [-0.25, -0.2) is 9.59 Å². The highest BCUT2D eigenvalue weighted by atomic mass is 32.1. The van der Waals surface area contributed by atoms with Crippen LogP contribution in [0.2, 0.25) is 0 Å². The molecule has 2 rings (SSSR count). The van der Waals surface area contributed by atoms with E-state index < -0.39 is 11.9 Å². The first kappa shape index (κ1) is 27.2. The molecule has 0 atom stereocenters. The van der Waals surface area contributed by atoms with E-state index in [1.54, 1.807) is 32.9 Å². The fourth-order valence-corrected chi connectivity index (χ4v) is 2.93. The number of benzene rings is 1. The van der Waals surface area contributed by atoms with Crippen LogP contribution in [0, 0.1) is 18.3 Å². The minimum absolute atomic E-state index is 0.199. The Hall–Kier alpha value is -3.84. The van der Waals surface area contributed by atoms with Gasteiger partial charge in [-0.2, -0.15) is 9.64 Å². The summed E-state index contributed by atoms with van der Waals surface area (Å²) in [6.45, 7) is 13.3. The van der Waals surface area contributed by atoms with Crippen molar-refractivity contribution in [1.29, 1.82) is 5.26 Å². The van der Waals surface area contributed by atoms with Gasteiger partial charge in [0.05, 0.1) is 18.8 Å². The summed E-state index contributed by atoms with van der Waals surface area (Å²) in [6, 6.07) is 9.24. The smallest absolute Gasteiger partial charge is 0.333 e. The van der Waals surface area contributed by atoms with Crippen LogP contribution in [0.15, 0.2) is 48.6 Å². The average molecular weight is 472 g/mol. The quantitative estimate of drug-likeness (QED) is 0.320. The molecule has 0 radical (unpaired) electrons. The van der Waals surface area contributed by atoms with Crippen molar-refractivity contribution in [3.05, 3.63) is 59.8 Å². The van der Waals surface area contributed by atoms with Crippen LogP contribution in [0.3, 0.4) is 0 Å². The Bertz CT molecular complexity index is 973. The molecule has 0 saturated carbocycles. The lowest BCUT2D eigenvalue weighted by Gasteiger charge is -2.24. The van der Waals surface area contributed by atoms with E-state index in [0.29, 0.717) is 40.5 Å². The second-order valence-electron chi connectivity index (χ2n) is 7.03. The van der Waals surface area contributed by atoms with E-state index >= 15 is 0 Å². The highest BCUT2D eigenvalue weighted by molar-refractivity contribution is 7.10. The molecule has 4 N–H and O–H groups in total. The van der Waals surface area contributed by atoms with E-state index in [1.807, 2.05) is 23.1 Å². The molecule has 1 aromatic heterocycles. The Kier molecular flexibility index (Phi) is 11.2. The number of nitrogens with zero attached hydrogens (tertiary/aromatic N) is 3. The van der Waals surface area contributed by atoms with Gasteiger partial charge in [0.2, 0.25) is 0 Å². The average Bonchev–Trinajstić information content (AvgIpc) is 3.10. The van der Waals surface area contributed by atoms with Crippen molar-refractivity contribution in [2.75, 3.05) is 42.7 Å². The van der Waals surface area contributed by atoms with Crippen molar-refractivity contribution in [3.8, 4) is 6.07 Å². The number of hydrogen-bond acceptors (Lipinski definition) is 10. The van der Waals surface area contributed by atoms with Crippen LogP contribution in [0.25, 0.3) is 0 Å². The first-order valence-electron chi connectivity index (χ1n) is 9.94. The molecule has 2 aromatic rings. The molecular formula is C23H29N5O4S. The molecule has 0 aliphatic rings. The lowest BCUT2D eigenvalue weighted by atomic mass is 10.2. The van der Waals surface area contributed by atoms with Crippen molar-refractivity contribution in [3.63, 3.8) is 0 Å². The van der Waals surface area contributed by atoms with Crippen molar-refractivity contribution in [1.82, 2.24) is 4.37 Å². The summed E-state index contributed by atoms with van der Waals surface area (Å²) in [5, 5.41) is 8.93. The fraction of sp³-hybridized carbons (Fsp3) is 0.304. The highest BCUT2D eigenvalue weighted by Crippen LogP contribution is 2.18. The van der Waals surface area contributed by atoms with Crippen molar-refractivity contribution < 1.29 is 19.1 Å². The van der Waals surface area contributed by atoms with Crippen molar-refractivity contribution in [2.24, 2.45) is 0 Å². The molecule has 33 heavy (non-hydrogen) atoms. The van der Waals surface area contributed by atoms with E-state index in [-0.39, 0.29) is 13.2 Å². The minimum atomic E-state index is -0.430. The largest absolute Gasteiger partial charge is 0.460 e. The third kappa shape index (κ3) is 9.45. The molecule has 0 bridgehead atoms. The topological polar surface area (TPSA) is 145 Å². The zero-order valence-corrected chi connectivity index (χ0v) is 19.9. The summed E-state index contributed by atoms with van der Waals surface area (Å²) in [6.07, 6.45) is 0. The number of aromatic nitrogens is 1. The number of hydrogen-bond donors (Lipinski definition) is 2. The summed E-state index contributed by atoms with van der Waals surface area (Å²) in [5.74, 6) is -0.859. The van der Waals surface area contributed by atoms with Gasteiger partial charge in [-0.1, -0.05) is 13.2 Å². The maximum absolute atomic E-state index is 11.4. The van der Waals surface area contributed by atoms with Gasteiger partial charge in [-0.05, 0) is 56.6 Å². The van der Waals surface area contributed by atoms with Crippen molar-refractivity contribution in [2.45, 2.75) is 20.8 Å². The summed E-state index contributed by atoms with van der Waals surface area (Å²) in [4.78, 5) is 24.8. The predicted molar refractivity (Wildman–Crippen MR) is 131 cm³/mol. The number of aryl methyl sites for hydroxylation is 1. The zero-order chi connectivity index (χ0) is 25.0.